The first-order valence-corrected chi connectivity index (χ1v) is 6.12. The first-order chi connectivity index (χ1) is 8.24. The summed E-state index contributed by atoms with van der Waals surface area (Å²) in [6, 6.07) is 3.58. The molecule has 1 N–H and O–H groups in total. The highest BCUT2D eigenvalue weighted by atomic mass is 32.1. The van der Waals surface area contributed by atoms with Crippen molar-refractivity contribution >= 4 is 17.3 Å². The molecule has 3 heterocycles. The van der Waals surface area contributed by atoms with Gasteiger partial charge in [0.25, 0.3) is 0 Å². The summed E-state index contributed by atoms with van der Waals surface area (Å²) in [4.78, 5) is 10.8. The molecule has 0 saturated carbocycles. The van der Waals surface area contributed by atoms with Gasteiger partial charge < -0.3 is 9.84 Å². The standard InChI is InChI=1S/C11H10N2O3S/c14-11(15)9-3-8-5-16-10(4-13(8)12-9)7-1-2-17-6-7/h1-3,6,10H,4-5H2,(H,14,15)/t10-/m1/s1. The van der Waals surface area contributed by atoms with Crippen LogP contribution >= 0.6 is 11.3 Å². The van der Waals surface area contributed by atoms with E-state index in [1.807, 2.05) is 16.8 Å². The van der Waals surface area contributed by atoms with Gasteiger partial charge in [-0.1, -0.05) is 0 Å². The summed E-state index contributed by atoms with van der Waals surface area (Å²) in [6.45, 7) is 0.972. The van der Waals surface area contributed by atoms with Crippen LogP contribution in [0.1, 0.15) is 27.8 Å². The third kappa shape index (κ3) is 1.85. The number of carbonyl (C=O) groups is 1. The first kappa shape index (κ1) is 10.5. The molecule has 0 amide bonds. The summed E-state index contributed by atoms with van der Waals surface area (Å²) in [5.74, 6) is -1.00. The van der Waals surface area contributed by atoms with E-state index in [9.17, 15) is 4.79 Å². The van der Waals surface area contributed by atoms with Crippen molar-refractivity contribution in [3.8, 4) is 0 Å². The van der Waals surface area contributed by atoms with Gasteiger partial charge in [-0.2, -0.15) is 16.4 Å². The second-order valence-corrected chi connectivity index (χ2v) is 4.64. The molecule has 88 valence electrons. The second kappa shape index (κ2) is 3.97. The van der Waals surface area contributed by atoms with E-state index in [0.29, 0.717) is 13.2 Å². The number of carboxylic acid groups (broad SMARTS) is 1. The zero-order valence-electron chi connectivity index (χ0n) is 8.87. The molecule has 3 rings (SSSR count). The van der Waals surface area contributed by atoms with E-state index in [4.69, 9.17) is 9.84 Å². The maximum Gasteiger partial charge on any atom is 0.356 e. The Hall–Kier alpha value is -1.66. The molecule has 0 bridgehead atoms. The van der Waals surface area contributed by atoms with Crippen LogP contribution in [0.5, 0.6) is 0 Å². The Morgan fingerprint density at radius 3 is 3.24 bits per heavy atom. The van der Waals surface area contributed by atoms with Crippen LogP contribution in [0.25, 0.3) is 0 Å². The Balaban J connectivity index is 1.88. The normalized spacial score (nSPS) is 18.9. The Morgan fingerprint density at radius 1 is 1.65 bits per heavy atom. The summed E-state index contributed by atoms with van der Waals surface area (Å²) in [5, 5.41) is 17.0. The summed E-state index contributed by atoms with van der Waals surface area (Å²) in [6.07, 6.45) is -0.0321. The van der Waals surface area contributed by atoms with E-state index >= 15 is 0 Å². The number of hydrogen-bond acceptors (Lipinski definition) is 4. The Bertz CT molecular complexity index is 547. The molecule has 1 aliphatic heterocycles. The largest absolute Gasteiger partial charge is 0.476 e. The number of thiophene rings is 1. The van der Waals surface area contributed by atoms with Crippen LogP contribution in [0.4, 0.5) is 0 Å². The summed E-state index contributed by atoms with van der Waals surface area (Å²) in [5.41, 5.74) is 2.01. The van der Waals surface area contributed by atoms with Gasteiger partial charge >= 0.3 is 5.97 Å². The minimum atomic E-state index is -1.00. The summed E-state index contributed by atoms with van der Waals surface area (Å²) < 4.78 is 7.41. The van der Waals surface area contributed by atoms with Crippen molar-refractivity contribution in [1.29, 1.82) is 0 Å². The molecule has 0 aromatic carbocycles. The minimum absolute atomic E-state index is 0.0321. The van der Waals surface area contributed by atoms with Crippen molar-refractivity contribution in [3.63, 3.8) is 0 Å². The number of aromatic nitrogens is 2. The van der Waals surface area contributed by atoms with E-state index in [-0.39, 0.29) is 11.8 Å². The van der Waals surface area contributed by atoms with Gasteiger partial charge in [-0.05, 0) is 28.5 Å². The average Bonchev–Trinajstić information content (AvgIpc) is 2.97. The lowest BCUT2D eigenvalue weighted by Crippen LogP contribution is -2.21. The maximum absolute atomic E-state index is 10.8. The van der Waals surface area contributed by atoms with Gasteiger partial charge in [0.05, 0.1) is 18.8 Å². The van der Waals surface area contributed by atoms with E-state index in [2.05, 4.69) is 5.10 Å². The highest BCUT2D eigenvalue weighted by Crippen LogP contribution is 2.27. The van der Waals surface area contributed by atoms with Crippen LogP contribution in [0.2, 0.25) is 0 Å². The van der Waals surface area contributed by atoms with Gasteiger partial charge in [0.2, 0.25) is 0 Å². The number of nitrogens with zero attached hydrogens (tertiary/aromatic N) is 2. The molecule has 0 radical (unpaired) electrons. The monoisotopic (exact) mass is 250 g/mol. The lowest BCUT2D eigenvalue weighted by Gasteiger charge is -2.23. The first-order valence-electron chi connectivity index (χ1n) is 5.18. The molecular weight excluding hydrogens is 240 g/mol. The van der Waals surface area contributed by atoms with Gasteiger partial charge in [0.15, 0.2) is 5.69 Å². The predicted molar refractivity (Wildman–Crippen MR) is 61.0 cm³/mol. The van der Waals surface area contributed by atoms with E-state index in [1.165, 1.54) is 0 Å². The molecule has 0 spiro atoms. The molecule has 1 atom stereocenters. The van der Waals surface area contributed by atoms with Crippen LogP contribution in [0.15, 0.2) is 22.9 Å². The van der Waals surface area contributed by atoms with E-state index < -0.39 is 5.97 Å². The minimum Gasteiger partial charge on any atom is -0.476 e. The molecule has 17 heavy (non-hydrogen) atoms. The quantitative estimate of drug-likeness (QED) is 0.884. The van der Waals surface area contributed by atoms with Crippen LogP contribution in [-0.2, 0) is 17.9 Å². The third-order valence-electron chi connectivity index (χ3n) is 2.77. The van der Waals surface area contributed by atoms with Gasteiger partial charge in [0, 0.05) is 0 Å². The van der Waals surface area contributed by atoms with Gasteiger partial charge in [-0.15, -0.1) is 0 Å². The van der Waals surface area contributed by atoms with Crippen molar-refractivity contribution in [1.82, 2.24) is 9.78 Å². The predicted octanol–water partition coefficient (Wildman–Crippen LogP) is 1.91. The molecule has 0 fully saturated rings. The third-order valence-corrected chi connectivity index (χ3v) is 3.47. The van der Waals surface area contributed by atoms with E-state index in [0.717, 1.165) is 11.3 Å². The van der Waals surface area contributed by atoms with Gasteiger partial charge in [0.1, 0.15) is 6.10 Å². The van der Waals surface area contributed by atoms with Crippen molar-refractivity contribution in [2.24, 2.45) is 0 Å². The fourth-order valence-corrected chi connectivity index (χ4v) is 2.59. The van der Waals surface area contributed by atoms with Crippen LogP contribution < -0.4 is 0 Å². The molecule has 2 aromatic rings. The van der Waals surface area contributed by atoms with Crippen LogP contribution in [-0.4, -0.2) is 20.9 Å². The lowest BCUT2D eigenvalue weighted by molar-refractivity contribution is -0.000980. The average molecular weight is 250 g/mol. The van der Waals surface area contributed by atoms with Crippen molar-refractivity contribution in [2.45, 2.75) is 19.3 Å². The van der Waals surface area contributed by atoms with Crippen LogP contribution in [0, 0.1) is 0 Å². The lowest BCUT2D eigenvalue weighted by atomic mass is 10.2. The van der Waals surface area contributed by atoms with Gasteiger partial charge in [-0.3, -0.25) is 4.68 Å². The van der Waals surface area contributed by atoms with Gasteiger partial charge in [-0.25, -0.2) is 4.79 Å². The summed E-state index contributed by atoms with van der Waals surface area (Å²) >= 11 is 1.62. The number of fused-ring (bicyclic) bond motifs is 1. The molecule has 0 aliphatic carbocycles. The number of rotatable bonds is 2. The second-order valence-electron chi connectivity index (χ2n) is 3.86. The Morgan fingerprint density at radius 2 is 2.53 bits per heavy atom. The molecule has 5 nitrogen and oxygen atoms in total. The number of aromatic carboxylic acids is 1. The zero-order chi connectivity index (χ0) is 11.8. The Kier molecular flexibility index (Phi) is 2.45. The molecule has 6 heteroatoms. The number of hydrogen-bond donors (Lipinski definition) is 1. The van der Waals surface area contributed by atoms with Crippen molar-refractivity contribution in [3.05, 3.63) is 39.8 Å². The van der Waals surface area contributed by atoms with E-state index in [1.54, 1.807) is 22.1 Å². The van der Waals surface area contributed by atoms with Crippen molar-refractivity contribution < 1.29 is 14.6 Å². The topological polar surface area (TPSA) is 64.3 Å². The highest BCUT2D eigenvalue weighted by Gasteiger charge is 2.23. The molecule has 1 aliphatic rings. The smallest absolute Gasteiger partial charge is 0.356 e. The van der Waals surface area contributed by atoms with Crippen molar-refractivity contribution in [2.75, 3.05) is 0 Å². The Labute approximate surface area is 101 Å². The zero-order valence-corrected chi connectivity index (χ0v) is 9.68. The number of carboxylic acids is 1. The molecular formula is C11H10N2O3S. The molecule has 0 unspecified atom stereocenters. The fourth-order valence-electron chi connectivity index (χ4n) is 1.89. The molecule has 2 aromatic heterocycles. The molecule has 0 saturated heterocycles. The SMILES string of the molecule is O=C(O)c1cc2n(n1)C[C@H](c1ccsc1)OC2. The highest BCUT2D eigenvalue weighted by molar-refractivity contribution is 7.07. The number of ether oxygens (including phenoxy) is 1. The summed E-state index contributed by atoms with van der Waals surface area (Å²) in [7, 11) is 0. The van der Waals surface area contributed by atoms with Crippen LogP contribution in [0.3, 0.4) is 0 Å². The fraction of sp³-hybridized carbons (Fsp3) is 0.273. The maximum atomic E-state index is 10.8.